The second kappa shape index (κ2) is 7.15. The summed E-state index contributed by atoms with van der Waals surface area (Å²) in [5.41, 5.74) is 0. The second-order valence-corrected chi connectivity index (χ2v) is 9.12. The number of fused-ring (bicyclic) bond motifs is 3. The number of nitrogens with zero attached hydrogens (tertiary/aromatic N) is 1. The highest BCUT2D eigenvalue weighted by Crippen LogP contribution is 2.44. The van der Waals surface area contributed by atoms with Crippen LogP contribution in [0.3, 0.4) is 0 Å². The number of likely N-dealkylation sites (tertiary alicyclic amines) is 1. The lowest BCUT2D eigenvalue weighted by molar-refractivity contribution is -0.138. The fraction of sp³-hybridized carbons (Fsp3) is 0.952. The fourth-order valence-electron chi connectivity index (χ4n) is 6.51. The number of piperidine rings is 1. The third-order valence-electron chi connectivity index (χ3n) is 7.55. The van der Waals surface area contributed by atoms with Crippen LogP contribution >= 0.6 is 0 Å². The SMILES string of the molecule is O=C(CCC1CC2CCCC(C2)C1)N1CCC[C@H]2CCCC[C@@H]21. The van der Waals surface area contributed by atoms with Crippen molar-refractivity contribution in [1.29, 1.82) is 0 Å². The molecule has 130 valence electrons. The topological polar surface area (TPSA) is 20.3 Å². The van der Waals surface area contributed by atoms with Crippen LogP contribution in [-0.2, 0) is 4.79 Å². The Balaban J connectivity index is 1.29. The van der Waals surface area contributed by atoms with Gasteiger partial charge in [0.05, 0.1) is 0 Å². The van der Waals surface area contributed by atoms with Gasteiger partial charge in [-0.2, -0.15) is 0 Å². The summed E-state index contributed by atoms with van der Waals surface area (Å²) >= 11 is 0. The maximum Gasteiger partial charge on any atom is 0.222 e. The van der Waals surface area contributed by atoms with Crippen LogP contribution in [0.5, 0.6) is 0 Å². The van der Waals surface area contributed by atoms with E-state index in [9.17, 15) is 4.79 Å². The van der Waals surface area contributed by atoms with E-state index in [0.717, 1.165) is 36.6 Å². The van der Waals surface area contributed by atoms with Gasteiger partial charge in [-0.15, -0.1) is 0 Å². The molecule has 2 unspecified atom stereocenters. The molecule has 1 aliphatic heterocycles. The molecule has 1 saturated heterocycles. The van der Waals surface area contributed by atoms with Crippen LogP contribution in [0.25, 0.3) is 0 Å². The minimum atomic E-state index is 0.498. The molecule has 3 aliphatic carbocycles. The zero-order valence-corrected chi connectivity index (χ0v) is 14.8. The quantitative estimate of drug-likeness (QED) is 0.703. The van der Waals surface area contributed by atoms with Crippen LogP contribution in [-0.4, -0.2) is 23.4 Å². The van der Waals surface area contributed by atoms with Crippen molar-refractivity contribution in [3.8, 4) is 0 Å². The Morgan fingerprint density at radius 2 is 1.57 bits per heavy atom. The minimum absolute atomic E-state index is 0.498. The molecular weight excluding hydrogens is 282 g/mol. The number of amides is 1. The van der Waals surface area contributed by atoms with E-state index in [-0.39, 0.29) is 0 Å². The Bertz CT molecular complexity index is 406. The van der Waals surface area contributed by atoms with Crippen LogP contribution in [0.1, 0.15) is 89.9 Å². The predicted molar refractivity (Wildman–Crippen MR) is 94.1 cm³/mol. The molecule has 0 aromatic rings. The predicted octanol–water partition coefficient (Wildman–Crippen LogP) is 5.16. The Labute approximate surface area is 142 Å². The summed E-state index contributed by atoms with van der Waals surface area (Å²) in [4.78, 5) is 15.2. The third kappa shape index (κ3) is 3.61. The van der Waals surface area contributed by atoms with E-state index < -0.39 is 0 Å². The van der Waals surface area contributed by atoms with Crippen LogP contribution in [0.2, 0.25) is 0 Å². The van der Waals surface area contributed by atoms with Crippen molar-refractivity contribution in [1.82, 2.24) is 4.90 Å². The molecule has 4 fully saturated rings. The van der Waals surface area contributed by atoms with Crippen molar-refractivity contribution in [2.75, 3.05) is 6.54 Å². The first-order chi connectivity index (χ1) is 11.3. The standard InChI is InChI=1S/C21H35NO/c23-21(22-12-4-8-19-7-1-2-9-20(19)22)11-10-18-14-16-5-3-6-17(13-16)15-18/h16-20H,1-15H2/t16?,17?,18?,19-,20+/m1/s1. The summed E-state index contributed by atoms with van der Waals surface area (Å²) in [6.45, 7) is 1.05. The summed E-state index contributed by atoms with van der Waals surface area (Å²) in [7, 11) is 0. The largest absolute Gasteiger partial charge is 0.339 e. The molecule has 0 aromatic heterocycles. The van der Waals surface area contributed by atoms with E-state index in [1.807, 2.05) is 0 Å². The van der Waals surface area contributed by atoms with E-state index in [0.29, 0.717) is 11.9 Å². The van der Waals surface area contributed by atoms with Gasteiger partial charge in [0.2, 0.25) is 5.91 Å². The smallest absolute Gasteiger partial charge is 0.222 e. The van der Waals surface area contributed by atoms with Crippen LogP contribution in [0.4, 0.5) is 0 Å². The van der Waals surface area contributed by atoms with Crippen LogP contribution in [0, 0.1) is 23.7 Å². The molecule has 0 spiro atoms. The maximum absolute atomic E-state index is 12.9. The second-order valence-electron chi connectivity index (χ2n) is 9.12. The number of carbonyl (C=O) groups excluding carboxylic acids is 1. The number of carbonyl (C=O) groups is 1. The van der Waals surface area contributed by atoms with Crippen LogP contribution < -0.4 is 0 Å². The van der Waals surface area contributed by atoms with E-state index in [2.05, 4.69) is 4.90 Å². The van der Waals surface area contributed by atoms with Crippen LogP contribution in [0.15, 0.2) is 0 Å². The molecule has 0 N–H and O–H groups in total. The highest BCUT2D eigenvalue weighted by molar-refractivity contribution is 5.76. The molecule has 2 nitrogen and oxygen atoms in total. The molecular formula is C21H35NO. The molecule has 0 aromatic carbocycles. The lowest BCUT2D eigenvalue weighted by atomic mass is 9.67. The molecule has 0 radical (unpaired) electrons. The molecule has 1 heterocycles. The van der Waals surface area contributed by atoms with Gasteiger partial charge in [0, 0.05) is 19.0 Å². The van der Waals surface area contributed by atoms with Crippen molar-refractivity contribution >= 4 is 5.91 Å². The molecule has 2 bridgehead atoms. The van der Waals surface area contributed by atoms with Gasteiger partial charge in [-0.3, -0.25) is 4.79 Å². The Kier molecular flexibility index (Phi) is 4.96. The van der Waals surface area contributed by atoms with Gasteiger partial charge in [-0.05, 0) is 75.0 Å². The Morgan fingerprint density at radius 3 is 2.39 bits per heavy atom. The summed E-state index contributed by atoms with van der Waals surface area (Å²) < 4.78 is 0. The lowest BCUT2D eigenvalue weighted by Gasteiger charge is -2.44. The van der Waals surface area contributed by atoms with Gasteiger partial charge < -0.3 is 4.90 Å². The van der Waals surface area contributed by atoms with Crippen molar-refractivity contribution in [3.05, 3.63) is 0 Å². The van der Waals surface area contributed by atoms with E-state index in [1.54, 1.807) is 0 Å². The minimum Gasteiger partial charge on any atom is -0.339 e. The van der Waals surface area contributed by atoms with Gasteiger partial charge in [0.25, 0.3) is 0 Å². The summed E-state index contributed by atoms with van der Waals surface area (Å²) in [5.74, 6) is 4.18. The first kappa shape index (κ1) is 16.0. The molecule has 23 heavy (non-hydrogen) atoms. The van der Waals surface area contributed by atoms with E-state index in [4.69, 9.17) is 0 Å². The number of rotatable bonds is 3. The number of hydrogen-bond donors (Lipinski definition) is 0. The Hall–Kier alpha value is -0.530. The van der Waals surface area contributed by atoms with E-state index in [1.165, 1.54) is 83.5 Å². The Morgan fingerprint density at radius 1 is 0.826 bits per heavy atom. The van der Waals surface area contributed by atoms with Gasteiger partial charge in [0.1, 0.15) is 0 Å². The van der Waals surface area contributed by atoms with Gasteiger partial charge in [-0.1, -0.05) is 32.1 Å². The van der Waals surface area contributed by atoms with Crippen molar-refractivity contribution < 1.29 is 4.79 Å². The highest BCUT2D eigenvalue weighted by atomic mass is 16.2. The number of hydrogen-bond acceptors (Lipinski definition) is 1. The highest BCUT2D eigenvalue weighted by Gasteiger charge is 2.36. The molecule has 3 saturated carbocycles. The maximum atomic E-state index is 12.9. The lowest BCUT2D eigenvalue weighted by Crippen LogP contribution is -2.49. The van der Waals surface area contributed by atoms with Gasteiger partial charge in [-0.25, -0.2) is 0 Å². The van der Waals surface area contributed by atoms with Gasteiger partial charge >= 0.3 is 0 Å². The van der Waals surface area contributed by atoms with E-state index >= 15 is 0 Å². The normalized spacial score (nSPS) is 40.5. The molecule has 4 atom stereocenters. The molecule has 2 heteroatoms. The first-order valence-corrected chi connectivity index (χ1v) is 10.6. The van der Waals surface area contributed by atoms with Gasteiger partial charge in [0.15, 0.2) is 0 Å². The monoisotopic (exact) mass is 317 g/mol. The van der Waals surface area contributed by atoms with Crippen molar-refractivity contribution in [2.45, 2.75) is 95.9 Å². The zero-order valence-electron chi connectivity index (χ0n) is 14.8. The van der Waals surface area contributed by atoms with Crippen molar-refractivity contribution in [3.63, 3.8) is 0 Å². The summed E-state index contributed by atoms with van der Waals surface area (Å²) in [5, 5.41) is 0. The molecule has 4 rings (SSSR count). The average molecular weight is 318 g/mol. The van der Waals surface area contributed by atoms with Crippen molar-refractivity contribution in [2.24, 2.45) is 23.7 Å². The summed E-state index contributed by atoms with van der Waals surface area (Å²) in [6, 6.07) is 0.607. The zero-order chi connectivity index (χ0) is 15.6. The molecule has 1 amide bonds. The fourth-order valence-corrected chi connectivity index (χ4v) is 6.51. The average Bonchev–Trinajstić information content (AvgIpc) is 2.59. The summed E-state index contributed by atoms with van der Waals surface area (Å²) in [6.07, 6.45) is 18.8. The third-order valence-corrected chi connectivity index (χ3v) is 7.55. The first-order valence-electron chi connectivity index (χ1n) is 10.6. The molecule has 4 aliphatic rings.